The van der Waals surface area contributed by atoms with Gasteiger partial charge in [-0.25, -0.2) is 0 Å². The van der Waals surface area contributed by atoms with Gasteiger partial charge < -0.3 is 0 Å². The number of alkyl halides is 3. The lowest BCUT2D eigenvalue weighted by Gasteiger charge is -2.14. The summed E-state index contributed by atoms with van der Waals surface area (Å²) < 4.78 is 39.9. The molecule has 0 aliphatic carbocycles. The molecule has 0 saturated heterocycles. The number of nitrogens with zero attached hydrogens (tertiary/aromatic N) is 3. The van der Waals surface area contributed by atoms with Gasteiger partial charge in [0.05, 0.1) is 23.6 Å². The first kappa shape index (κ1) is 13.4. The van der Waals surface area contributed by atoms with E-state index in [-0.39, 0.29) is 11.3 Å². The lowest BCUT2D eigenvalue weighted by atomic mass is 9.99. The molecule has 0 aliphatic heterocycles. The molecule has 0 radical (unpaired) electrons. The van der Waals surface area contributed by atoms with E-state index in [2.05, 4.69) is 10.2 Å². The Bertz CT molecular complexity index is 735. The van der Waals surface area contributed by atoms with Crippen LogP contribution in [0.25, 0.3) is 16.8 Å². The van der Waals surface area contributed by atoms with Crippen LogP contribution in [0.15, 0.2) is 60.9 Å². The quantitative estimate of drug-likeness (QED) is 0.715. The van der Waals surface area contributed by atoms with E-state index in [1.54, 1.807) is 36.4 Å². The molecule has 0 fully saturated rings. The second-order valence-corrected chi connectivity index (χ2v) is 4.41. The van der Waals surface area contributed by atoms with Crippen molar-refractivity contribution in [3.8, 4) is 16.8 Å². The average molecular weight is 289 g/mol. The van der Waals surface area contributed by atoms with Crippen LogP contribution in [0.2, 0.25) is 0 Å². The van der Waals surface area contributed by atoms with Gasteiger partial charge in [-0.3, -0.25) is 0 Å². The van der Waals surface area contributed by atoms with E-state index < -0.39 is 11.7 Å². The summed E-state index contributed by atoms with van der Waals surface area (Å²) in [6, 6.07) is 12.5. The molecule has 0 unspecified atom stereocenters. The Balaban J connectivity index is 2.18. The highest BCUT2D eigenvalue weighted by molar-refractivity contribution is 5.69. The third-order valence-electron chi connectivity index (χ3n) is 3.04. The molecular weight excluding hydrogens is 279 g/mol. The Kier molecular flexibility index (Phi) is 3.21. The van der Waals surface area contributed by atoms with Crippen LogP contribution in [0.3, 0.4) is 0 Å². The SMILES string of the molecule is FC(F)(F)c1cc(-n2nccn2)ccc1-c1ccccc1. The van der Waals surface area contributed by atoms with Gasteiger partial charge in [-0.05, 0) is 23.3 Å². The van der Waals surface area contributed by atoms with Crippen molar-refractivity contribution in [1.29, 1.82) is 0 Å². The summed E-state index contributed by atoms with van der Waals surface area (Å²) in [7, 11) is 0. The highest BCUT2D eigenvalue weighted by Gasteiger charge is 2.34. The molecular formula is C15H10F3N3. The highest BCUT2D eigenvalue weighted by Crippen LogP contribution is 2.38. The number of halogens is 3. The maximum atomic E-state index is 13.3. The Morgan fingerprint density at radius 2 is 1.52 bits per heavy atom. The van der Waals surface area contributed by atoms with Crippen LogP contribution in [0.4, 0.5) is 13.2 Å². The van der Waals surface area contributed by atoms with E-state index in [0.717, 1.165) is 10.9 Å². The Labute approximate surface area is 118 Å². The summed E-state index contributed by atoms with van der Waals surface area (Å²) in [6.07, 6.45) is -1.62. The molecule has 3 rings (SSSR count). The Morgan fingerprint density at radius 3 is 2.14 bits per heavy atom. The molecule has 0 aliphatic rings. The van der Waals surface area contributed by atoms with Crippen molar-refractivity contribution in [2.75, 3.05) is 0 Å². The molecule has 3 aromatic rings. The predicted molar refractivity (Wildman–Crippen MR) is 71.8 cm³/mol. The second-order valence-electron chi connectivity index (χ2n) is 4.41. The molecule has 1 heterocycles. The average Bonchev–Trinajstić information content (AvgIpc) is 3.01. The molecule has 0 spiro atoms. The van der Waals surface area contributed by atoms with Gasteiger partial charge in [-0.1, -0.05) is 36.4 Å². The molecule has 21 heavy (non-hydrogen) atoms. The minimum atomic E-state index is -4.45. The van der Waals surface area contributed by atoms with E-state index in [1.807, 2.05) is 0 Å². The zero-order valence-corrected chi connectivity index (χ0v) is 10.7. The summed E-state index contributed by atoms with van der Waals surface area (Å²) in [5.41, 5.74) is 0.222. The first-order valence-electron chi connectivity index (χ1n) is 6.19. The maximum Gasteiger partial charge on any atom is 0.417 e. The van der Waals surface area contributed by atoms with E-state index in [4.69, 9.17) is 0 Å². The Morgan fingerprint density at radius 1 is 0.857 bits per heavy atom. The molecule has 0 N–H and O–H groups in total. The molecule has 0 atom stereocenters. The fourth-order valence-electron chi connectivity index (χ4n) is 2.11. The van der Waals surface area contributed by atoms with Crippen molar-refractivity contribution in [2.45, 2.75) is 6.18 Å². The van der Waals surface area contributed by atoms with Crippen LogP contribution >= 0.6 is 0 Å². The normalized spacial score (nSPS) is 11.6. The smallest absolute Gasteiger partial charge is 0.166 e. The van der Waals surface area contributed by atoms with Gasteiger partial charge in [0, 0.05) is 0 Å². The standard InChI is InChI=1S/C15H10F3N3/c16-15(17,18)14-10-12(21-19-8-9-20-21)6-7-13(14)11-4-2-1-3-5-11/h1-10H. The summed E-state index contributed by atoms with van der Waals surface area (Å²) in [4.78, 5) is 1.16. The topological polar surface area (TPSA) is 30.7 Å². The van der Waals surface area contributed by atoms with Crippen molar-refractivity contribution in [3.63, 3.8) is 0 Å². The zero-order valence-electron chi connectivity index (χ0n) is 10.7. The number of hydrogen-bond donors (Lipinski definition) is 0. The number of aromatic nitrogens is 3. The van der Waals surface area contributed by atoms with Crippen LogP contribution in [-0.4, -0.2) is 15.0 Å². The lowest BCUT2D eigenvalue weighted by molar-refractivity contribution is -0.137. The van der Waals surface area contributed by atoms with Crippen molar-refractivity contribution in [1.82, 2.24) is 15.0 Å². The first-order valence-corrected chi connectivity index (χ1v) is 6.19. The molecule has 106 valence electrons. The van der Waals surface area contributed by atoms with Gasteiger partial charge in [0.15, 0.2) is 0 Å². The second kappa shape index (κ2) is 5.05. The van der Waals surface area contributed by atoms with Gasteiger partial charge in [-0.2, -0.15) is 28.2 Å². The predicted octanol–water partition coefficient (Wildman–Crippen LogP) is 3.95. The summed E-state index contributed by atoms with van der Waals surface area (Å²) >= 11 is 0. The van der Waals surface area contributed by atoms with Crippen LogP contribution in [0, 0.1) is 0 Å². The molecule has 0 amide bonds. The highest BCUT2D eigenvalue weighted by atomic mass is 19.4. The molecule has 0 bridgehead atoms. The largest absolute Gasteiger partial charge is 0.417 e. The van der Waals surface area contributed by atoms with Gasteiger partial charge in [0.1, 0.15) is 0 Å². The monoisotopic (exact) mass is 289 g/mol. The summed E-state index contributed by atoms with van der Waals surface area (Å²) in [5.74, 6) is 0. The van der Waals surface area contributed by atoms with Crippen molar-refractivity contribution in [3.05, 3.63) is 66.5 Å². The van der Waals surface area contributed by atoms with E-state index in [0.29, 0.717) is 5.56 Å². The lowest BCUT2D eigenvalue weighted by Crippen LogP contribution is -2.09. The van der Waals surface area contributed by atoms with Gasteiger partial charge in [0.25, 0.3) is 0 Å². The van der Waals surface area contributed by atoms with Crippen molar-refractivity contribution < 1.29 is 13.2 Å². The van der Waals surface area contributed by atoms with E-state index in [9.17, 15) is 13.2 Å². The minimum Gasteiger partial charge on any atom is -0.166 e. The van der Waals surface area contributed by atoms with Crippen LogP contribution in [-0.2, 0) is 6.18 Å². The zero-order chi connectivity index (χ0) is 14.9. The number of hydrogen-bond acceptors (Lipinski definition) is 2. The molecule has 2 aromatic carbocycles. The van der Waals surface area contributed by atoms with E-state index in [1.165, 1.54) is 18.5 Å². The third kappa shape index (κ3) is 2.65. The third-order valence-corrected chi connectivity index (χ3v) is 3.04. The van der Waals surface area contributed by atoms with Crippen molar-refractivity contribution in [2.24, 2.45) is 0 Å². The number of benzene rings is 2. The molecule has 6 heteroatoms. The first-order chi connectivity index (χ1) is 10.1. The number of rotatable bonds is 2. The fourth-order valence-corrected chi connectivity index (χ4v) is 2.11. The maximum absolute atomic E-state index is 13.3. The minimum absolute atomic E-state index is 0.138. The summed E-state index contributed by atoms with van der Waals surface area (Å²) in [6.45, 7) is 0. The van der Waals surface area contributed by atoms with E-state index >= 15 is 0 Å². The molecule has 3 nitrogen and oxygen atoms in total. The fraction of sp³-hybridized carbons (Fsp3) is 0.0667. The van der Waals surface area contributed by atoms with Crippen molar-refractivity contribution >= 4 is 0 Å². The van der Waals surface area contributed by atoms with Crippen LogP contribution in [0.1, 0.15) is 5.56 Å². The van der Waals surface area contributed by atoms with Gasteiger partial charge in [0.2, 0.25) is 0 Å². The van der Waals surface area contributed by atoms with Crippen LogP contribution in [0.5, 0.6) is 0 Å². The van der Waals surface area contributed by atoms with Gasteiger partial charge in [-0.15, -0.1) is 0 Å². The Hall–Kier alpha value is -2.63. The molecule has 1 aromatic heterocycles. The van der Waals surface area contributed by atoms with Crippen LogP contribution < -0.4 is 0 Å². The molecule has 0 saturated carbocycles. The van der Waals surface area contributed by atoms with Gasteiger partial charge >= 0.3 is 6.18 Å². The summed E-state index contributed by atoms with van der Waals surface area (Å²) in [5, 5.41) is 7.70.